The molecular formula is C18H27N3O2. The molecule has 5 nitrogen and oxygen atoms in total. The standard InChI is InChI=1S/C18H27N3O2/c1-13(2)19-17(22)12-18(23)21-10-8-20(9-11-21)16-7-5-6-14(3)15(16)4/h5-7,13H,8-12H2,1-4H3,(H,19,22). The van der Waals surface area contributed by atoms with Gasteiger partial charge in [0.05, 0.1) is 0 Å². The Kier molecular flexibility index (Phi) is 5.64. The number of hydrogen-bond acceptors (Lipinski definition) is 3. The Morgan fingerprint density at radius 2 is 1.78 bits per heavy atom. The summed E-state index contributed by atoms with van der Waals surface area (Å²) in [6.07, 6.45) is -0.0539. The lowest BCUT2D eigenvalue weighted by Gasteiger charge is -2.37. The summed E-state index contributed by atoms with van der Waals surface area (Å²) in [5.41, 5.74) is 3.82. The third-order valence-corrected chi connectivity index (χ3v) is 4.31. The van der Waals surface area contributed by atoms with Crippen molar-refractivity contribution in [2.75, 3.05) is 31.1 Å². The maximum atomic E-state index is 12.2. The van der Waals surface area contributed by atoms with Crippen LogP contribution in [0.3, 0.4) is 0 Å². The summed E-state index contributed by atoms with van der Waals surface area (Å²) >= 11 is 0. The van der Waals surface area contributed by atoms with E-state index in [1.54, 1.807) is 4.90 Å². The number of anilines is 1. The zero-order chi connectivity index (χ0) is 17.0. The first-order valence-electron chi connectivity index (χ1n) is 8.26. The number of piperazine rings is 1. The lowest BCUT2D eigenvalue weighted by Crippen LogP contribution is -2.50. The van der Waals surface area contributed by atoms with Gasteiger partial charge >= 0.3 is 0 Å². The third-order valence-electron chi connectivity index (χ3n) is 4.31. The number of nitrogens with one attached hydrogen (secondary N) is 1. The maximum Gasteiger partial charge on any atom is 0.232 e. The number of hydrogen-bond donors (Lipinski definition) is 1. The Balaban J connectivity index is 1.89. The number of rotatable bonds is 4. The Morgan fingerprint density at radius 3 is 2.39 bits per heavy atom. The molecule has 1 N–H and O–H groups in total. The topological polar surface area (TPSA) is 52.7 Å². The minimum Gasteiger partial charge on any atom is -0.368 e. The van der Waals surface area contributed by atoms with Crippen molar-refractivity contribution < 1.29 is 9.59 Å². The van der Waals surface area contributed by atoms with Crippen molar-refractivity contribution >= 4 is 17.5 Å². The van der Waals surface area contributed by atoms with Gasteiger partial charge in [0.1, 0.15) is 6.42 Å². The van der Waals surface area contributed by atoms with Crippen molar-refractivity contribution in [2.24, 2.45) is 0 Å². The number of carbonyl (C=O) groups is 2. The molecule has 1 aromatic carbocycles. The molecule has 1 aliphatic rings. The van der Waals surface area contributed by atoms with E-state index in [0.29, 0.717) is 13.1 Å². The van der Waals surface area contributed by atoms with Crippen LogP contribution in [0.15, 0.2) is 18.2 Å². The van der Waals surface area contributed by atoms with E-state index < -0.39 is 0 Å². The molecular weight excluding hydrogens is 290 g/mol. The van der Waals surface area contributed by atoms with E-state index in [-0.39, 0.29) is 24.3 Å². The minimum atomic E-state index is -0.193. The average molecular weight is 317 g/mol. The molecule has 0 bridgehead atoms. The van der Waals surface area contributed by atoms with Gasteiger partial charge in [-0.3, -0.25) is 9.59 Å². The van der Waals surface area contributed by atoms with Crippen molar-refractivity contribution in [3.63, 3.8) is 0 Å². The molecule has 1 saturated heterocycles. The molecule has 5 heteroatoms. The van der Waals surface area contributed by atoms with Crippen LogP contribution in [0.25, 0.3) is 0 Å². The van der Waals surface area contributed by atoms with Crippen LogP contribution in [0.5, 0.6) is 0 Å². The third kappa shape index (κ3) is 4.47. The van der Waals surface area contributed by atoms with Crippen molar-refractivity contribution in [1.82, 2.24) is 10.2 Å². The van der Waals surface area contributed by atoms with Gasteiger partial charge in [-0.1, -0.05) is 12.1 Å². The van der Waals surface area contributed by atoms with E-state index in [4.69, 9.17) is 0 Å². The smallest absolute Gasteiger partial charge is 0.232 e. The largest absolute Gasteiger partial charge is 0.368 e. The summed E-state index contributed by atoms with van der Waals surface area (Å²) in [4.78, 5) is 28.0. The molecule has 2 amide bonds. The highest BCUT2D eigenvalue weighted by Crippen LogP contribution is 2.23. The fraction of sp³-hybridized carbons (Fsp3) is 0.556. The van der Waals surface area contributed by atoms with Crippen molar-refractivity contribution in [2.45, 2.75) is 40.2 Å². The predicted octanol–water partition coefficient (Wildman–Crippen LogP) is 1.87. The molecule has 1 aromatic rings. The van der Waals surface area contributed by atoms with Crippen LogP contribution >= 0.6 is 0 Å². The molecule has 0 aromatic heterocycles. The Labute approximate surface area is 138 Å². The zero-order valence-electron chi connectivity index (χ0n) is 14.6. The van der Waals surface area contributed by atoms with Crippen molar-refractivity contribution in [1.29, 1.82) is 0 Å². The lowest BCUT2D eigenvalue weighted by molar-refractivity contribution is -0.136. The van der Waals surface area contributed by atoms with E-state index >= 15 is 0 Å². The molecule has 1 heterocycles. The molecule has 126 valence electrons. The molecule has 1 fully saturated rings. The molecule has 0 saturated carbocycles. The van der Waals surface area contributed by atoms with Gasteiger partial charge in [-0.05, 0) is 44.9 Å². The monoisotopic (exact) mass is 317 g/mol. The number of aryl methyl sites for hydroxylation is 1. The molecule has 0 unspecified atom stereocenters. The molecule has 0 aliphatic carbocycles. The highest BCUT2D eigenvalue weighted by molar-refractivity contribution is 5.97. The summed E-state index contributed by atoms with van der Waals surface area (Å²) < 4.78 is 0. The second-order valence-electron chi connectivity index (χ2n) is 6.49. The Bertz CT molecular complexity index is 576. The molecule has 0 atom stereocenters. The first-order chi connectivity index (χ1) is 10.9. The second kappa shape index (κ2) is 7.49. The van der Waals surface area contributed by atoms with E-state index in [1.807, 2.05) is 13.8 Å². The van der Waals surface area contributed by atoms with Crippen LogP contribution in [-0.4, -0.2) is 48.9 Å². The van der Waals surface area contributed by atoms with Gasteiger partial charge in [0, 0.05) is 37.9 Å². The second-order valence-corrected chi connectivity index (χ2v) is 6.49. The predicted molar refractivity (Wildman–Crippen MR) is 92.6 cm³/mol. The molecule has 0 spiro atoms. The molecule has 0 radical (unpaired) electrons. The fourth-order valence-corrected chi connectivity index (χ4v) is 2.90. The molecule has 23 heavy (non-hydrogen) atoms. The van der Waals surface area contributed by atoms with Crippen LogP contribution in [0.2, 0.25) is 0 Å². The quantitative estimate of drug-likeness (QED) is 0.863. The van der Waals surface area contributed by atoms with E-state index in [1.165, 1.54) is 16.8 Å². The van der Waals surface area contributed by atoms with Gasteiger partial charge in [0.15, 0.2) is 0 Å². The maximum absolute atomic E-state index is 12.2. The average Bonchev–Trinajstić information content (AvgIpc) is 2.49. The SMILES string of the molecule is Cc1cccc(N2CCN(C(=O)CC(=O)NC(C)C)CC2)c1C. The van der Waals surface area contributed by atoms with Gasteiger partial charge in [0.25, 0.3) is 0 Å². The van der Waals surface area contributed by atoms with Gasteiger partial charge in [-0.2, -0.15) is 0 Å². The van der Waals surface area contributed by atoms with Crippen LogP contribution < -0.4 is 10.2 Å². The van der Waals surface area contributed by atoms with E-state index in [2.05, 4.69) is 42.3 Å². The lowest BCUT2D eigenvalue weighted by atomic mass is 10.1. The highest BCUT2D eigenvalue weighted by atomic mass is 16.2. The minimum absolute atomic E-state index is 0.0539. The van der Waals surface area contributed by atoms with Crippen LogP contribution in [-0.2, 0) is 9.59 Å². The summed E-state index contributed by atoms with van der Waals surface area (Å²) in [5.74, 6) is -0.272. The Hall–Kier alpha value is -2.04. The van der Waals surface area contributed by atoms with Gasteiger partial charge in [-0.25, -0.2) is 0 Å². The number of benzene rings is 1. The Morgan fingerprint density at radius 1 is 1.13 bits per heavy atom. The first-order valence-corrected chi connectivity index (χ1v) is 8.26. The van der Waals surface area contributed by atoms with Gasteiger partial charge < -0.3 is 15.1 Å². The molecule has 1 aliphatic heterocycles. The summed E-state index contributed by atoms with van der Waals surface area (Å²) in [5, 5.41) is 2.76. The zero-order valence-corrected chi connectivity index (χ0v) is 14.6. The number of amides is 2. The van der Waals surface area contributed by atoms with Crippen molar-refractivity contribution in [3.05, 3.63) is 29.3 Å². The normalized spacial score (nSPS) is 15.0. The van der Waals surface area contributed by atoms with Gasteiger partial charge in [-0.15, -0.1) is 0 Å². The first kappa shape index (κ1) is 17.3. The highest BCUT2D eigenvalue weighted by Gasteiger charge is 2.23. The van der Waals surface area contributed by atoms with Crippen LogP contribution in [0, 0.1) is 13.8 Å². The van der Waals surface area contributed by atoms with Crippen LogP contribution in [0.4, 0.5) is 5.69 Å². The van der Waals surface area contributed by atoms with Gasteiger partial charge in [0.2, 0.25) is 11.8 Å². The molecule has 2 rings (SSSR count). The summed E-state index contributed by atoms with van der Waals surface area (Å²) in [6.45, 7) is 11.0. The van der Waals surface area contributed by atoms with E-state index in [9.17, 15) is 9.59 Å². The van der Waals surface area contributed by atoms with Crippen LogP contribution in [0.1, 0.15) is 31.4 Å². The van der Waals surface area contributed by atoms with E-state index in [0.717, 1.165) is 13.1 Å². The van der Waals surface area contributed by atoms with Crippen molar-refractivity contribution in [3.8, 4) is 0 Å². The summed E-state index contributed by atoms with van der Waals surface area (Å²) in [7, 11) is 0. The summed E-state index contributed by atoms with van der Waals surface area (Å²) in [6, 6.07) is 6.39. The fourth-order valence-electron chi connectivity index (χ4n) is 2.90. The number of nitrogens with zero attached hydrogens (tertiary/aromatic N) is 2. The number of carbonyl (C=O) groups excluding carboxylic acids is 2.